The Morgan fingerprint density at radius 2 is 2.10 bits per heavy atom. The fourth-order valence-corrected chi connectivity index (χ4v) is 2.86. The van der Waals surface area contributed by atoms with Gasteiger partial charge in [-0.15, -0.1) is 0 Å². The lowest BCUT2D eigenvalue weighted by Crippen LogP contribution is -2.45. The molecule has 3 rings (SSSR count). The highest BCUT2D eigenvalue weighted by atomic mass is 16.4. The van der Waals surface area contributed by atoms with Crippen LogP contribution < -0.4 is 0 Å². The van der Waals surface area contributed by atoms with E-state index in [1.807, 2.05) is 0 Å². The molecule has 0 radical (unpaired) electrons. The van der Waals surface area contributed by atoms with E-state index in [9.17, 15) is 9.59 Å². The van der Waals surface area contributed by atoms with Gasteiger partial charge in [-0.05, 0) is 38.2 Å². The monoisotopic (exact) mass is 289 g/mol. The number of carbonyl (C=O) groups is 2. The van der Waals surface area contributed by atoms with Gasteiger partial charge in [0.15, 0.2) is 0 Å². The molecule has 1 saturated carbocycles. The Labute approximate surface area is 123 Å². The van der Waals surface area contributed by atoms with E-state index < -0.39 is 5.97 Å². The van der Waals surface area contributed by atoms with E-state index in [1.54, 1.807) is 17.2 Å². The molecule has 1 unspecified atom stereocenters. The zero-order chi connectivity index (χ0) is 14.8. The maximum Gasteiger partial charge on any atom is 0.305 e. The minimum absolute atomic E-state index is 0.00626. The summed E-state index contributed by atoms with van der Waals surface area (Å²) in [5.41, 5.74) is 0.393. The third-order valence-electron chi connectivity index (χ3n) is 4.13. The van der Waals surface area contributed by atoms with Crippen LogP contribution in [0.5, 0.6) is 0 Å². The van der Waals surface area contributed by atoms with Gasteiger partial charge in [0.25, 0.3) is 5.91 Å². The summed E-state index contributed by atoms with van der Waals surface area (Å²) in [6.45, 7) is 0.611. The van der Waals surface area contributed by atoms with Crippen LogP contribution in [0.2, 0.25) is 0 Å². The van der Waals surface area contributed by atoms with Crippen molar-refractivity contribution in [3.05, 3.63) is 23.8 Å². The highest BCUT2D eigenvalue weighted by molar-refractivity contribution is 5.92. The first kappa shape index (κ1) is 14.0. The summed E-state index contributed by atoms with van der Waals surface area (Å²) in [6.07, 6.45) is 6.45. The summed E-state index contributed by atoms with van der Waals surface area (Å²) in [7, 11) is 0. The molecule has 1 aliphatic heterocycles. The molecule has 1 aromatic heterocycles. The van der Waals surface area contributed by atoms with Crippen molar-refractivity contribution in [3.8, 4) is 0 Å². The zero-order valence-electron chi connectivity index (χ0n) is 11.9. The maximum absolute atomic E-state index is 12.6. The molecular formula is C15H19N3O3. The minimum Gasteiger partial charge on any atom is -0.481 e. The van der Waals surface area contributed by atoms with Gasteiger partial charge in [-0.25, -0.2) is 9.97 Å². The molecule has 1 N–H and O–H groups in total. The number of hydrogen-bond acceptors (Lipinski definition) is 4. The van der Waals surface area contributed by atoms with Crippen LogP contribution in [0.25, 0.3) is 0 Å². The van der Waals surface area contributed by atoms with Gasteiger partial charge in [0.2, 0.25) is 0 Å². The Kier molecular flexibility index (Phi) is 3.86. The van der Waals surface area contributed by atoms with Crippen molar-refractivity contribution >= 4 is 11.9 Å². The van der Waals surface area contributed by atoms with Crippen LogP contribution >= 0.6 is 0 Å². The predicted molar refractivity (Wildman–Crippen MR) is 74.9 cm³/mol. The minimum atomic E-state index is -0.860. The number of likely N-dealkylation sites (tertiary alicyclic amines) is 1. The number of hydrogen-bond donors (Lipinski definition) is 1. The second-order valence-electron chi connectivity index (χ2n) is 5.82. The third kappa shape index (κ3) is 3.20. The van der Waals surface area contributed by atoms with Crippen molar-refractivity contribution in [2.75, 3.05) is 6.54 Å². The molecule has 2 aliphatic rings. The Morgan fingerprint density at radius 3 is 2.81 bits per heavy atom. The third-order valence-corrected chi connectivity index (χ3v) is 4.13. The van der Waals surface area contributed by atoms with Gasteiger partial charge < -0.3 is 10.0 Å². The maximum atomic E-state index is 12.6. The summed E-state index contributed by atoms with van der Waals surface area (Å²) in [4.78, 5) is 33.9. The van der Waals surface area contributed by atoms with Crippen LogP contribution in [-0.2, 0) is 4.79 Å². The van der Waals surface area contributed by atoms with Gasteiger partial charge in [-0.2, -0.15) is 0 Å². The van der Waals surface area contributed by atoms with E-state index in [2.05, 4.69) is 9.97 Å². The Balaban J connectivity index is 1.78. The van der Waals surface area contributed by atoms with Crippen LogP contribution in [0.4, 0.5) is 0 Å². The lowest BCUT2D eigenvalue weighted by Gasteiger charge is -2.34. The molecule has 1 amide bonds. The first-order chi connectivity index (χ1) is 10.1. The largest absolute Gasteiger partial charge is 0.481 e. The van der Waals surface area contributed by atoms with Crippen LogP contribution in [0.3, 0.4) is 0 Å². The number of carboxylic acid groups (broad SMARTS) is 1. The first-order valence-electron chi connectivity index (χ1n) is 7.51. The van der Waals surface area contributed by atoms with Gasteiger partial charge in [0, 0.05) is 24.7 Å². The average molecular weight is 289 g/mol. The second-order valence-corrected chi connectivity index (χ2v) is 5.82. The van der Waals surface area contributed by atoms with Crippen LogP contribution in [-0.4, -0.2) is 44.4 Å². The van der Waals surface area contributed by atoms with Crippen LogP contribution in [0, 0.1) is 0 Å². The number of aromatic nitrogens is 2. The van der Waals surface area contributed by atoms with Crippen molar-refractivity contribution in [1.29, 1.82) is 0 Å². The summed E-state index contributed by atoms with van der Waals surface area (Å²) < 4.78 is 0. The molecule has 2 heterocycles. The first-order valence-corrected chi connectivity index (χ1v) is 7.51. The zero-order valence-corrected chi connectivity index (χ0v) is 11.9. The highest BCUT2D eigenvalue weighted by Crippen LogP contribution is 2.37. The number of nitrogens with zero attached hydrogens (tertiary/aromatic N) is 3. The van der Waals surface area contributed by atoms with Crippen LogP contribution in [0.1, 0.15) is 60.8 Å². The molecule has 6 heteroatoms. The number of piperidine rings is 1. The van der Waals surface area contributed by atoms with E-state index in [0.717, 1.165) is 37.9 Å². The standard InChI is InChI=1S/C15H19N3O3/c19-13(20)9-11-3-1-2-8-18(11)15(21)12-6-7-16-14(17-12)10-4-5-10/h6-7,10-11H,1-5,8-9H2,(H,19,20). The molecule has 21 heavy (non-hydrogen) atoms. The van der Waals surface area contributed by atoms with Gasteiger partial charge in [0.1, 0.15) is 11.5 Å². The van der Waals surface area contributed by atoms with Crippen molar-refractivity contribution in [2.45, 2.75) is 50.5 Å². The summed E-state index contributed by atoms with van der Waals surface area (Å²) >= 11 is 0. The van der Waals surface area contributed by atoms with E-state index in [-0.39, 0.29) is 18.4 Å². The fourth-order valence-electron chi connectivity index (χ4n) is 2.86. The Hall–Kier alpha value is -1.98. The molecular weight excluding hydrogens is 270 g/mol. The highest BCUT2D eigenvalue weighted by Gasteiger charge is 2.31. The molecule has 0 spiro atoms. The van der Waals surface area contributed by atoms with Crippen molar-refractivity contribution < 1.29 is 14.7 Å². The molecule has 6 nitrogen and oxygen atoms in total. The predicted octanol–water partition coefficient (Wildman–Crippen LogP) is 1.82. The van der Waals surface area contributed by atoms with Gasteiger partial charge in [0.05, 0.1) is 6.42 Å². The molecule has 1 atom stereocenters. The number of carboxylic acids is 1. The molecule has 2 fully saturated rings. The summed E-state index contributed by atoms with van der Waals surface area (Å²) in [5.74, 6) is 0.118. The molecule has 0 aromatic carbocycles. The number of aliphatic carboxylic acids is 1. The molecule has 1 saturated heterocycles. The topological polar surface area (TPSA) is 83.4 Å². The normalized spacial score (nSPS) is 22.1. The SMILES string of the molecule is O=C(O)CC1CCCCN1C(=O)c1ccnc(C2CC2)n1. The molecule has 1 aromatic rings. The quantitative estimate of drug-likeness (QED) is 0.914. The fraction of sp³-hybridized carbons (Fsp3) is 0.600. The van der Waals surface area contributed by atoms with Gasteiger partial charge in [-0.3, -0.25) is 9.59 Å². The van der Waals surface area contributed by atoms with Gasteiger partial charge in [-0.1, -0.05) is 0 Å². The van der Waals surface area contributed by atoms with Crippen LogP contribution in [0.15, 0.2) is 12.3 Å². The van der Waals surface area contributed by atoms with E-state index in [0.29, 0.717) is 18.2 Å². The lowest BCUT2D eigenvalue weighted by atomic mass is 9.99. The average Bonchev–Trinajstić information content (AvgIpc) is 3.31. The number of amides is 1. The number of carbonyl (C=O) groups excluding carboxylic acids is 1. The second kappa shape index (κ2) is 5.79. The molecule has 0 bridgehead atoms. The van der Waals surface area contributed by atoms with Crippen molar-refractivity contribution in [1.82, 2.24) is 14.9 Å². The van der Waals surface area contributed by atoms with E-state index >= 15 is 0 Å². The van der Waals surface area contributed by atoms with Gasteiger partial charge >= 0.3 is 5.97 Å². The van der Waals surface area contributed by atoms with Crippen molar-refractivity contribution in [3.63, 3.8) is 0 Å². The Morgan fingerprint density at radius 1 is 1.29 bits per heavy atom. The van der Waals surface area contributed by atoms with E-state index in [1.165, 1.54) is 0 Å². The summed E-state index contributed by atoms with van der Waals surface area (Å²) in [6, 6.07) is 1.41. The number of rotatable bonds is 4. The molecule has 112 valence electrons. The summed E-state index contributed by atoms with van der Waals surface area (Å²) in [5, 5.41) is 9.00. The van der Waals surface area contributed by atoms with E-state index in [4.69, 9.17) is 5.11 Å². The smallest absolute Gasteiger partial charge is 0.305 e. The molecule has 1 aliphatic carbocycles. The lowest BCUT2D eigenvalue weighted by molar-refractivity contribution is -0.138. The van der Waals surface area contributed by atoms with Crippen molar-refractivity contribution in [2.24, 2.45) is 0 Å². The Bertz CT molecular complexity index is 557.